The molecule has 0 spiro atoms. The van der Waals surface area contributed by atoms with Crippen molar-refractivity contribution in [1.29, 1.82) is 0 Å². The molecule has 0 radical (unpaired) electrons. The van der Waals surface area contributed by atoms with Crippen LogP contribution in [0.15, 0.2) is 36.4 Å². The van der Waals surface area contributed by atoms with Gasteiger partial charge in [-0.25, -0.2) is 4.79 Å². The van der Waals surface area contributed by atoms with E-state index in [4.69, 9.17) is 23.7 Å². The number of nitrogens with zero attached hydrogens (tertiary/aromatic N) is 1. The van der Waals surface area contributed by atoms with Crippen molar-refractivity contribution in [2.75, 3.05) is 18.1 Å². The number of hydrogen-bond donors (Lipinski definition) is 1. The summed E-state index contributed by atoms with van der Waals surface area (Å²) in [6.07, 6.45) is 6.20. The lowest BCUT2D eigenvalue weighted by Gasteiger charge is -2.26. The zero-order valence-corrected chi connectivity index (χ0v) is 29.7. The van der Waals surface area contributed by atoms with E-state index < -0.39 is 42.0 Å². The minimum Gasteiger partial charge on any atom is -0.459 e. The smallest absolute Gasteiger partial charge is 0.348 e. The van der Waals surface area contributed by atoms with E-state index in [1.54, 1.807) is 19.9 Å². The molecule has 0 saturated carbocycles. The molecular formula is C37H53NO8S. The second kappa shape index (κ2) is 15.5. The lowest BCUT2D eigenvalue weighted by molar-refractivity contribution is -0.175. The largest absolute Gasteiger partial charge is 0.459 e. The highest BCUT2D eigenvalue weighted by atomic mass is 32.1. The molecule has 10 heteroatoms. The van der Waals surface area contributed by atoms with Gasteiger partial charge < -0.3 is 33.7 Å². The van der Waals surface area contributed by atoms with E-state index in [0.29, 0.717) is 23.8 Å². The van der Waals surface area contributed by atoms with Crippen molar-refractivity contribution in [3.05, 3.63) is 51.7 Å². The number of carbonyl (C=O) groups excluding carboxylic acids is 2. The zero-order valence-electron chi connectivity index (χ0n) is 28.9. The molecule has 3 aliphatic rings. The van der Waals surface area contributed by atoms with Crippen LogP contribution in [0.2, 0.25) is 0 Å². The second-order valence-electron chi connectivity index (χ2n) is 14.2. The van der Waals surface area contributed by atoms with Crippen LogP contribution in [-0.2, 0) is 34.9 Å². The molecular weight excluding hydrogens is 618 g/mol. The van der Waals surface area contributed by atoms with Crippen LogP contribution in [0.5, 0.6) is 0 Å². The molecule has 0 bridgehead atoms. The van der Waals surface area contributed by atoms with E-state index in [-0.39, 0.29) is 18.6 Å². The maximum absolute atomic E-state index is 12.9. The van der Waals surface area contributed by atoms with Crippen molar-refractivity contribution in [2.45, 2.75) is 147 Å². The summed E-state index contributed by atoms with van der Waals surface area (Å²) in [5.41, 5.74) is 2.32. The van der Waals surface area contributed by atoms with E-state index in [1.165, 1.54) is 42.6 Å². The molecule has 0 unspecified atom stereocenters. The maximum Gasteiger partial charge on any atom is 0.348 e. The number of rotatable bonds is 15. The number of hydrogen-bond acceptors (Lipinski definition) is 9. The molecule has 260 valence electrons. The van der Waals surface area contributed by atoms with Crippen molar-refractivity contribution in [2.24, 2.45) is 0 Å². The minimum atomic E-state index is -1.10. The average molecular weight is 672 g/mol. The van der Waals surface area contributed by atoms with E-state index in [9.17, 15) is 14.7 Å². The number of benzene rings is 1. The molecule has 3 saturated heterocycles. The Balaban J connectivity index is 1.08. The van der Waals surface area contributed by atoms with Crippen LogP contribution in [0.1, 0.15) is 119 Å². The molecule has 1 aromatic heterocycles. The Kier molecular flexibility index (Phi) is 11.8. The number of ether oxygens (including phenoxy) is 5. The minimum absolute atomic E-state index is 0.184. The highest BCUT2D eigenvalue weighted by molar-refractivity contribution is 7.13. The summed E-state index contributed by atoms with van der Waals surface area (Å²) in [4.78, 5) is 29.3. The van der Waals surface area contributed by atoms with Crippen LogP contribution in [0.4, 0.5) is 5.69 Å². The third-order valence-corrected chi connectivity index (χ3v) is 10.6. The number of aryl methyl sites for hydroxylation is 1. The molecule has 3 fully saturated rings. The molecule has 5 rings (SSSR count). The van der Waals surface area contributed by atoms with Crippen LogP contribution in [0.3, 0.4) is 0 Å². The van der Waals surface area contributed by atoms with Gasteiger partial charge in [0.2, 0.25) is 5.91 Å². The summed E-state index contributed by atoms with van der Waals surface area (Å²) in [7, 11) is 0. The van der Waals surface area contributed by atoms with Crippen LogP contribution in [-0.4, -0.2) is 72.2 Å². The molecule has 4 heterocycles. The summed E-state index contributed by atoms with van der Waals surface area (Å²) in [5.74, 6) is -1.42. The number of amides is 1. The third-order valence-electron chi connectivity index (χ3n) is 9.45. The Morgan fingerprint density at radius 1 is 1.04 bits per heavy atom. The maximum atomic E-state index is 12.9. The SMILES string of the molecule is CCCCC[C@H](C)c1ccc(N2C(=O)CC[C@@H]2CCCc2ccc(C(=O)OC[C@H](O)[C@H]3OC(C)(C)O[C@@H]3[C@H]3COC(C)(C)O3)s2)cc1. The number of esters is 1. The second-order valence-corrected chi connectivity index (χ2v) is 15.4. The van der Waals surface area contributed by atoms with Gasteiger partial charge in [-0.15, -0.1) is 11.3 Å². The summed E-state index contributed by atoms with van der Waals surface area (Å²) in [6, 6.07) is 12.5. The summed E-state index contributed by atoms with van der Waals surface area (Å²) < 4.78 is 29.2. The highest BCUT2D eigenvalue weighted by Crippen LogP contribution is 2.37. The number of anilines is 1. The van der Waals surface area contributed by atoms with Crippen LogP contribution in [0.25, 0.3) is 0 Å². The molecule has 6 atom stereocenters. The lowest BCUT2D eigenvalue weighted by Crippen LogP contribution is -2.45. The number of thiophene rings is 1. The normalized spacial score (nSPS) is 26.5. The molecule has 0 aliphatic carbocycles. The predicted molar refractivity (Wildman–Crippen MR) is 182 cm³/mol. The summed E-state index contributed by atoms with van der Waals surface area (Å²) >= 11 is 1.41. The monoisotopic (exact) mass is 671 g/mol. The lowest BCUT2D eigenvalue weighted by atomic mass is 9.95. The summed E-state index contributed by atoms with van der Waals surface area (Å²) in [6.45, 7) is 11.8. The van der Waals surface area contributed by atoms with Crippen LogP contribution >= 0.6 is 11.3 Å². The van der Waals surface area contributed by atoms with Crippen LogP contribution in [0, 0.1) is 0 Å². The van der Waals surface area contributed by atoms with Gasteiger partial charge in [0.05, 0.1) is 6.61 Å². The number of unbranched alkanes of at least 4 members (excludes halogenated alkanes) is 2. The van der Waals surface area contributed by atoms with E-state index in [2.05, 4.69) is 38.1 Å². The predicted octanol–water partition coefficient (Wildman–Crippen LogP) is 7.14. The van der Waals surface area contributed by atoms with E-state index in [1.807, 2.05) is 24.8 Å². The molecule has 9 nitrogen and oxygen atoms in total. The quantitative estimate of drug-likeness (QED) is 0.158. The number of carbonyl (C=O) groups is 2. The van der Waals surface area contributed by atoms with Gasteiger partial charge in [0.1, 0.15) is 35.9 Å². The van der Waals surface area contributed by atoms with Gasteiger partial charge in [0.25, 0.3) is 0 Å². The van der Waals surface area contributed by atoms with Crippen molar-refractivity contribution in [1.82, 2.24) is 0 Å². The van der Waals surface area contributed by atoms with Crippen molar-refractivity contribution in [3.8, 4) is 0 Å². The van der Waals surface area contributed by atoms with Gasteiger partial charge in [-0.05, 0) is 95.5 Å². The highest BCUT2D eigenvalue weighted by Gasteiger charge is 2.52. The van der Waals surface area contributed by atoms with Crippen molar-refractivity contribution < 1.29 is 38.4 Å². The first-order valence-electron chi connectivity index (χ1n) is 17.4. The van der Waals surface area contributed by atoms with E-state index in [0.717, 1.165) is 36.2 Å². The molecule has 47 heavy (non-hydrogen) atoms. The molecule has 1 aromatic carbocycles. The van der Waals surface area contributed by atoms with Gasteiger partial charge in [-0.2, -0.15) is 0 Å². The fourth-order valence-corrected chi connectivity index (χ4v) is 7.89. The van der Waals surface area contributed by atoms with Crippen molar-refractivity contribution in [3.63, 3.8) is 0 Å². The number of aliphatic hydroxyl groups is 1. The van der Waals surface area contributed by atoms with Crippen LogP contribution < -0.4 is 4.90 Å². The van der Waals surface area contributed by atoms with Gasteiger partial charge >= 0.3 is 5.97 Å². The Labute approximate surface area is 283 Å². The van der Waals surface area contributed by atoms with E-state index >= 15 is 0 Å². The Bertz CT molecular complexity index is 1340. The van der Waals surface area contributed by atoms with Crippen molar-refractivity contribution >= 4 is 28.9 Å². The first-order valence-corrected chi connectivity index (χ1v) is 18.2. The third kappa shape index (κ3) is 9.22. The molecule has 1 N–H and O–H groups in total. The standard InChI is InChI=1S/C37H53NO8S/c1-7-8-9-11-24(2)25-14-16-27(17-15-25)38-26(18-21-32(38)40)12-10-13-28-19-20-31(47-28)35(41)42-22-29(39)33-34(46-37(5,6)45-33)30-23-43-36(3,4)44-30/h14-17,19-20,24,26,29-30,33-34,39H,7-13,18,21-23H2,1-6H3/t24-,26-,29-,30+,33+,34+/m0/s1. The number of aliphatic hydroxyl groups excluding tert-OH is 1. The van der Waals surface area contributed by atoms with Gasteiger partial charge in [-0.1, -0.05) is 45.2 Å². The topological polar surface area (TPSA) is 104 Å². The van der Waals surface area contributed by atoms with Gasteiger partial charge in [0.15, 0.2) is 11.6 Å². The fourth-order valence-electron chi connectivity index (χ4n) is 6.94. The Morgan fingerprint density at radius 2 is 1.81 bits per heavy atom. The molecule has 1 amide bonds. The average Bonchev–Trinajstić information content (AvgIpc) is 3.81. The van der Waals surface area contributed by atoms with Gasteiger partial charge in [-0.3, -0.25) is 4.79 Å². The Morgan fingerprint density at radius 3 is 2.51 bits per heavy atom. The fraction of sp³-hybridized carbons (Fsp3) is 0.676. The van der Waals surface area contributed by atoms with Gasteiger partial charge in [0, 0.05) is 23.0 Å². The molecule has 3 aliphatic heterocycles. The first kappa shape index (κ1) is 36.0. The summed E-state index contributed by atoms with van der Waals surface area (Å²) in [5, 5.41) is 11.0. The Hall–Kier alpha value is -2.34. The first-order chi connectivity index (χ1) is 22.4. The zero-order chi connectivity index (χ0) is 33.8. The molecule has 2 aromatic rings.